The Labute approximate surface area is 126 Å². The van der Waals surface area contributed by atoms with Gasteiger partial charge in [0.1, 0.15) is 36.8 Å². The molecule has 1 aliphatic heterocycles. The highest BCUT2D eigenvalue weighted by atomic mass is 16.7. The van der Waals surface area contributed by atoms with Gasteiger partial charge in [0.15, 0.2) is 6.29 Å². The minimum Gasteiger partial charge on any atom is -0.465 e. The monoisotopic (exact) mass is 314 g/mol. The molecular weight excluding hydrogens is 296 g/mol. The summed E-state index contributed by atoms with van der Waals surface area (Å²) in [6, 6.07) is 3.34. The molecule has 0 radical (unpaired) electrons. The fourth-order valence-corrected chi connectivity index (χ4v) is 2.00. The summed E-state index contributed by atoms with van der Waals surface area (Å²) < 4.78 is 20.0. The topological polar surface area (TPSA) is 119 Å². The van der Waals surface area contributed by atoms with Gasteiger partial charge in [-0.1, -0.05) is 0 Å². The summed E-state index contributed by atoms with van der Waals surface area (Å²) in [5.74, 6) is -0.175. The molecule has 3 N–H and O–H groups in total. The van der Waals surface area contributed by atoms with Crippen LogP contribution in [0.25, 0.3) is 6.08 Å². The van der Waals surface area contributed by atoms with Gasteiger partial charge in [0, 0.05) is 13.2 Å². The number of rotatable bonds is 5. The Hall–Kier alpha value is -1.71. The van der Waals surface area contributed by atoms with E-state index in [2.05, 4.69) is 0 Å². The summed E-state index contributed by atoms with van der Waals surface area (Å²) in [6.07, 6.45) is -2.31. The van der Waals surface area contributed by atoms with Gasteiger partial charge in [-0.2, -0.15) is 0 Å². The predicted molar refractivity (Wildman–Crippen MR) is 72.4 cm³/mol. The first-order valence-corrected chi connectivity index (χ1v) is 6.63. The molecule has 0 aromatic carbocycles. The van der Waals surface area contributed by atoms with Crippen molar-refractivity contribution in [3.05, 3.63) is 30.2 Å². The van der Waals surface area contributed by atoms with E-state index in [0.29, 0.717) is 5.76 Å². The number of carbonyl (C=O) groups is 1. The van der Waals surface area contributed by atoms with Crippen LogP contribution in [0.2, 0.25) is 0 Å². The van der Waals surface area contributed by atoms with Gasteiger partial charge in [0.05, 0.1) is 6.26 Å². The highest BCUT2D eigenvalue weighted by Gasteiger charge is 2.44. The standard InChI is InChI=1S/C14H18O8/c1-19-14-13(18)12(17)11(16)9(22-14)7-21-10(15)5-4-8-3-2-6-20-8/h2-6,9,11-14,16-18H,7H2,1H3/b5-4+/t9-,11-,12+,13-,14+/m1/s1. The number of carbonyl (C=O) groups excluding carboxylic acids is 1. The van der Waals surface area contributed by atoms with E-state index in [1.54, 1.807) is 12.1 Å². The molecular formula is C14H18O8. The molecule has 1 aromatic rings. The second-order valence-electron chi connectivity index (χ2n) is 4.73. The van der Waals surface area contributed by atoms with Gasteiger partial charge in [0.25, 0.3) is 0 Å². The van der Waals surface area contributed by atoms with E-state index in [4.69, 9.17) is 18.6 Å². The summed E-state index contributed by atoms with van der Waals surface area (Å²) in [5, 5.41) is 29.1. The molecule has 0 amide bonds. The second-order valence-corrected chi connectivity index (χ2v) is 4.73. The first-order valence-electron chi connectivity index (χ1n) is 6.63. The minimum atomic E-state index is -1.46. The van der Waals surface area contributed by atoms with Gasteiger partial charge in [-0.15, -0.1) is 0 Å². The van der Waals surface area contributed by atoms with Crippen LogP contribution in [-0.2, 0) is 19.0 Å². The van der Waals surface area contributed by atoms with Crippen LogP contribution in [0.1, 0.15) is 5.76 Å². The van der Waals surface area contributed by atoms with Crippen molar-refractivity contribution in [1.29, 1.82) is 0 Å². The highest BCUT2D eigenvalue weighted by molar-refractivity contribution is 5.86. The van der Waals surface area contributed by atoms with Crippen molar-refractivity contribution in [3.8, 4) is 0 Å². The van der Waals surface area contributed by atoms with Crippen LogP contribution < -0.4 is 0 Å². The van der Waals surface area contributed by atoms with Crippen molar-refractivity contribution >= 4 is 12.0 Å². The van der Waals surface area contributed by atoms with E-state index < -0.39 is 36.7 Å². The number of esters is 1. The van der Waals surface area contributed by atoms with Crippen LogP contribution in [0, 0.1) is 0 Å². The Bertz CT molecular complexity index is 495. The molecule has 1 aliphatic rings. The normalized spacial score (nSPS) is 32.3. The van der Waals surface area contributed by atoms with Gasteiger partial charge in [-0.05, 0) is 18.2 Å². The smallest absolute Gasteiger partial charge is 0.330 e. The van der Waals surface area contributed by atoms with E-state index in [-0.39, 0.29) is 6.61 Å². The maximum Gasteiger partial charge on any atom is 0.330 e. The SMILES string of the molecule is CO[C@H]1O[C@H](COC(=O)/C=C/c2ccco2)[C@@H](O)[C@H](O)[C@H]1O. The molecule has 1 fully saturated rings. The van der Waals surface area contributed by atoms with Crippen LogP contribution in [0.4, 0.5) is 0 Å². The molecule has 0 spiro atoms. The molecule has 0 bridgehead atoms. The average Bonchev–Trinajstić information content (AvgIpc) is 3.03. The third-order valence-corrected chi connectivity index (χ3v) is 3.22. The summed E-state index contributed by atoms with van der Waals surface area (Å²) in [4.78, 5) is 11.6. The molecule has 1 saturated heterocycles. The molecule has 0 unspecified atom stereocenters. The Morgan fingerprint density at radius 3 is 2.73 bits per heavy atom. The van der Waals surface area contributed by atoms with Crippen molar-refractivity contribution in [2.75, 3.05) is 13.7 Å². The molecule has 0 saturated carbocycles. The number of ether oxygens (including phenoxy) is 3. The minimum absolute atomic E-state index is 0.299. The fourth-order valence-electron chi connectivity index (χ4n) is 2.00. The Balaban J connectivity index is 1.86. The summed E-state index contributed by atoms with van der Waals surface area (Å²) in [7, 11) is 1.29. The van der Waals surface area contributed by atoms with Crippen LogP contribution in [0.3, 0.4) is 0 Å². The van der Waals surface area contributed by atoms with Crippen LogP contribution >= 0.6 is 0 Å². The molecule has 0 aliphatic carbocycles. The van der Waals surface area contributed by atoms with Gasteiger partial charge < -0.3 is 33.9 Å². The molecule has 5 atom stereocenters. The zero-order valence-corrected chi connectivity index (χ0v) is 11.9. The maximum atomic E-state index is 11.6. The molecule has 122 valence electrons. The summed E-state index contributed by atoms with van der Waals surface area (Å²) in [6.45, 7) is -0.299. The Morgan fingerprint density at radius 2 is 2.09 bits per heavy atom. The third kappa shape index (κ3) is 3.93. The lowest BCUT2D eigenvalue weighted by molar-refractivity contribution is -0.294. The Kier molecular flexibility index (Phi) is 5.69. The van der Waals surface area contributed by atoms with E-state index in [9.17, 15) is 20.1 Å². The average molecular weight is 314 g/mol. The van der Waals surface area contributed by atoms with Crippen molar-refractivity contribution < 1.29 is 38.7 Å². The van der Waals surface area contributed by atoms with E-state index >= 15 is 0 Å². The van der Waals surface area contributed by atoms with E-state index in [0.717, 1.165) is 6.08 Å². The number of aliphatic hydroxyl groups is 3. The van der Waals surface area contributed by atoms with Crippen LogP contribution in [0.5, 0.6) is 0 Å². The molecule has 2 heterocycles. The molecule has 22 heavy (non-hydrogen) atoms. The van der Waals surface area contributed by atoms with Gasteiger partial charge in [-0.25, -0.2) is 4.79 Å². The molecule has 8 heteroatoms. The lowest BCUT2D eigenvalue weighted by atomic mass is 9.99. The molecule has 8 nitrogen and oxygen atoms in total. The predicted octanol–water partition coefficient (Wildman–Crippen LogP) is -0.710. The number of furan rings is 1. The van der Waals surface area contributed by atoms with Crippen molar-refractivity contribution in [2.45, 2.75) is 30.7 Å². The fraction of sp³-hybridized carbons (Fsp3) is 0.500. The molecule has 1 aromatic heterocycles. The van der Waals surface area contributed by atoms with Crippen molar-refractivity contribution in [2.24, 2.45) is 0 Å². The number of methoxy groups -OCH3 is 1. The molecule has 2 rings (SSSR count). The highest BCUT2D eigenvalue weighted by Crippen LogP contribution is 2.22. The van der Waals surface area contributed by atoms with Gasteiger partial charge in [-0.3, -0.25) is 0 Å². The zero-order chi connectivity index (χ0) is 16.1. The first kappa shape index (κ1) is 16.7. The lowest BCUT2D eigenvalue weighted by Gasteiger charge is -2.39. The van der Waals surface area contributed by atoms with E-state index in [1.165, 1.54) is 19.4 Å². The largest absolute Gasteiger partial charge is 0.465 e. The Morgan fingerprint density at radius 1 is 1.32 bits per heavy atom. The second kappa shape index (κ2) is 7.52. The van der Waals surface area contributed by atoms with Crippen molar-refractivity contribution in [3.63, 3.8) is 0 Å². The number of hydrogen-bond acceptors (Lipinski definition) is 8. The first-order chi connectivity index (χ1) is 10.5. The maximum absolute atomic E-state index is 11.6. The van der Waals surface area contributed by atoms with Crippen molar-refractivity contribution in [1.82, 2.24) is 0 Å². The lowest BCUT2D eigenvalue weighted by Crippen LogP contribution is -2.59. The summed E-state index contributed by atoms with van der Waals surface area (Å²) >= 11 is 0. The van der Waals surface area contributed by atoms with Gasteiger partial charge in [0.2, 0.25) is 0 Å². The summed E-state index contributed by atoms with van der Waals surface area (Å²) in [5.41, 5.74) is 0. The third-order valence-electron chi connectivity index (χ3n) is 3.22. The van der Waals surface area contributed by atoms with Crippen LogP contribution in [-0.4, -0.2) is 65.7 Å². The zero-order valence-electron chi connectivity index (χ0n) is 11.9. The number of aliphatic hydroxyl groups excluding tert-OH is 3. The van der Waals surface area contributed by atoms with Gasteiger partial charge >= 0.3 is 5.97 Å². The number of hydrogen-bond donors (Lipinski definition) is 3. The van der Waals surface area contributed by atoms with Crippen LogP contribution in [0.15, 0.2) is 28.9 Å². The quantitative estimate of drug-likeness (QED) is 0.482. The van der Waals surface area contributed by atoms with E-state index in [1.807, 2.05) is 0 Å².